The molecule has 1 N–H and O–H groups in total. The van der Waals surface area contributed by atoms with Crippen molar-refractivity contribution in [2.75, 3.05) is 13.2 Å². The van der Waals surface area contributed by atoms with Gasteiger partial charge in [-0.2, -0.15) is 0 Å². The molecule has 1 aliphatic rings. The van der Waals surface area contributed by atoms with E-state index < -0.39 is 16.3 Å². The van der Waals surface area contributed by atoms with Crippen molar-refractivity contribution >= 4 is 11.7 Å². The molecular formula is C13H15NO5. The van der Waals surface area contributed by atoms with Gasteiger partial charge in [0.15, 0.2) is 0 Å². The predicted molar refractivity (Wildman–Crippen MR) is 66.9 cm³/mol. The van der Waals surface area contributed by atoms with Gasteiger partial charge in [0.1, 0.15) is 0 Å². The lowest BCUT2D eigenvalue weighted by Crippen LogP contribution is -2.39. The number of nitrogens with zero attached hydrogens (tertiary/aromatic N) is 1. The number of carboxylic acids is 1. The second-order valence-corrected chi connectivity index (χ2v) is 4.80. The van der Waals surface area contributed by atoms with Crippen LogP contribution in [0.1, 0.15) is 18.4 Å². The summed E-state index contributed by atoms with van der Waals surface area (Å²) in [5.41, 5.74) is -0.198. The van der Waals surface area contributed by atoms with Gasteiger partial charge in [-0.05, 0) is 24.8 Å². The third-order valence-corrected chi connectivity index (χ3v) is 3.57. The standard InChI is InChI=1S/C13H15NO5/c15-12(16)13(4-6-19-7-5-13)9-10-2-1-3-11(8-10)14(17)18/h1-3,8H,4-7,9H2,(H,15,16). The lowest BCUT2D eigenvalue weighted by molar-refractivity contribution is -0.384. The average Bonchev–Trinajstić information content (AvgIpc) is 2.40. The summed E-state index contributed by atoms with van der Waals surface area (Å²) < 4.78 is 5.20. The molecule has 0 saturated carbocycles. The van der Waals surface area contributed by atoms with E-state index in [1.807, 2.05) is 0 Å². The molecule has 6 heteroatoms. The van der Waals surface area contributed by atoms with Crippen LogP contribution in [0, 0.1) is 15.5 Å². The molecule has 19 heavy (non-hydrogen) atoms. The van der Waals surface area contributed by atoms with Crippen LogP contribution < -0.4 is 0 Å². The summed E-state index contributed by atoms with van der Waals surface area (Å²) in [5, 5.41) is 20.2. The van der Waals surface area contributed by atoms with Crippen molar-refractivity contribution in [3.8, 4) is 0 Å². The van der Waals surface area contributed by atoms with Gasteiger partial charge in [-0.15, -0.1) is 0 Å². The Morgan fingerprint density at radius 1 is 1.42 bits per heavy atom. The van der Waals surface area contributed by atoms with E-state index in [0.717, 1.165) is 0 Å². The van der Waals surface area contributed by atoms with Gasteiger partial charge >= 0.3 is 5.97 Å². The van der Waals surface area contributed by atoms with Gasteiger partial charge < -0.3 is 9.84 Å². The first-order valence-corrected chi connectivity index (χ1v) is 6.08. The Balaban J connectivity index is 2.24. The summed E-state index contributed by atoms with van der Waals surface area (Å²) in [7, 11) is 0. The van der Waals surface area contributed by atoms with E-state index in [-0.39, 0.29) is 5.69 Å². The van der Waals surface area contributed by atoms with E-state index in [1.165, 1.54) is 12.1 Å². The number of aliphatic carboxylic acids is 1. The third-order valence-electron chi connectivity index (χ3n) is 3.57. The van der Waals surface area contributed by atoms with Crippen molar-refractivity contribution in [3.05, 3.63) is 39.9 Å². The Bertz CT molecular complexity index is 494. The van der Waals surface area contributed by atoms with Gasteiger partial charge in [0.2, 0.25) is 0 Å². The second-order valence-electron chi connectivity index (χ2n) is 4.80. The minimum Gasteiger partial charge on any atom is -0.481 e. The minimum atomic E-state index is -0.868. The second kappa shape index (κ2) is 5.36. The quantitative estimate of drug-likeness (QED) is 0.664. The number of non-ortho nitro benzene ring substituents is 1. The molecule has 0 amide bonds. The lowest BCUT2D eigenvalue weighted by Gasteiger charge is -2.33. The average molecular weight is 265 g/mol. The number of nitro groups is 1. The number of hydrogen-bond donors (Lipinski definition) is 1. The zero-order valence-corrected chi connectivity index (χ0v) is 10.4. The first-order valence-electron chi connectivity index (χ1n) is 6.08. The molecule has 0 aromatic heterocycles. The molecule has 6 nitrogen and oxygen atoms in total. The summed E-state index contributed by atoms with van der Waals surface area (Å²) in [6.07, 6.45) is 1.17. The van der Waals surface area contributed by atoms with Crippen LogP contribution in [0.4, 0.5) is 5.69 Å². The van der Waals surface area contributed by atoms with Crippen molar-refractivity contribution in [1.82, 2.24) is 0 Å². The molecule has 102 valence electrons. The van der Waals surface area contributed by atoms with Crippen LogP contribution in [0.15, 0.2) is 24.3 Å². The number of hydrogen-bond acceptors (Lipinski definition) is 4. The molecule has 2 rings (SSSR count). The van der Waals surface area contributed by atoms with Crippen molar-refractivity contribution in [3.63, 3.8) is 0 Å². The highest BCUT2D eigenvalue weighted by atomic mass is 16.6. The molecule has 1 aromatic carbocycles. The summed E-state index contributed by atoms with van der Waals surface area (Å²) in [4.78, 5) is 21.8. The van der Waals surface area contributed by atoms with E-state index >= 15 is 0 Å². The summed E-state index contributed by atoms with van der Waals surface area (Å²) in [6.45, 7) is 0.836. The van der Waals surface area contributed by atoms with Crippen LogP contribution in [-0.4, -0.2) is 29.2 Å². The molecule has 0 spiro atoms. The molecule has 0 aliphatic carbocycles. The SMILES string of the molecule is O=C(O)C1(Cc2cccc([N+](=O)[O-])c2)CCOCC1. The van der Waals surface area contributed by atoms with Crippen molar-refractivity contribution in [1.29, 1.82) is 0 Å². The molecule has 1 fully saturated rings. The van der Waals surface area contributed by atoms with Crippen molar-refractivity contribution in [2.24, 2.45) is 5.41 Å². The fourth-order valence-corrected chi connectivity index (χ4v) is 2.40. The Morgan fingerprint density at radius 2 is 2.11 bits per heavy atom. The zero-order chi connectivity index (χ0) is 13.9. The molecular weight excluding hydrogens is 250 g/mol. The van der Waals surface area contributed by atoms with Crippen LogP contribution >= 0.6 is 0 Å². The zero-order valence-electron chi connectivity index (χ0n) is 10.4. The molecule has 1 aliphatic heterocycles. The number of rotatable bonds is 4. The van der Waals surface area contributed by atoms with E-state index in [2.05, 4.69) is 0 Å². The van der Waals surface area contributed by atoms with Crippen LogP contribution in [0.25, 0.3) is 0 Å². The first kappa shape index (κ1) is 13.5. The van der Waals surface area contributed by atoms with E-state index in [0.29, 0.717) is 38.0 Å². The van der Waals surface area contributed by atoms with Gasteiger partial charge in [0.05, 0.1) is 10.3 Å². The lowest BCUT2D eigenvalue weighted by atomic mass is 9.75. The van der Waals surface area contributed by atoms with E-state index in [4.69, 9.17) is 4.74 Å². The monoisotopic (exact) mass is 265 g/mol. The Kier molecular flexibility index (Phi) is 3.80. The van der Waals surface area contributed by atoms with Gasteiger partial charge in [0.25, 0.3) is 5.69 Å². The molecule has 0 bridgehead atoms. The van der Waals surface area contributed by atoms with Crippen LogP contribution in [0.2, 0.25) is 0 Å². The fourth-order valence-electron chi connectivity index (χ4n) is 2.40. The van der Waals surface area contributed by atoms with Gasteiger partial charge in [-0.3, -0.25) is 14.9 Å². The molecule has 0 unspecified atom stereocenters. The number of nitro benzene ring substituents is 1. The largest absolute Gasteiger partial charge is 0.481 e. The topological polar surface area (TPSA) is 89.7 Å². The Morgan fingerprint density at radius 3 is 2.68 bits per heavy atom. The highest BCUT2D eigenvalue weighted by Gasteiger charge is 2.40. The van der Waals surface area contributed by atoms with Gasteiger partial charge in [-0.25, -0.2) is 0 Å². The van der Waals surface area contributed by atoms with Gasteiger partial charge in [0, 0.05) is 25.3 Å². The minimum absolute atomic E-state index is 0.00917. The molecule has 1 aromatic rings. The maximum atomic E-state index is 11.5. The van der Waals surface area contributed by atoms with Crippen LogP contribution in [-0.2, 0) is 16.0 Å². The Hall–Kier alpha value is -1.95. The normalized spacial score (nSPS) is 17.9. The van der Waals surface area contributed by atoms with E-state index in [9.17, 15) is 20.0 Å². The summed E-state index contributed by atoms with van der Waals surface area (Å²) in [5.74, 6) is -0.859. The Labute approximate surface area is 110 Å². The highest BCUT2D eigenvalue weighted by Crippen LogP contribution is 2.35. The van der Waals surface area contributed by atoms with Crippen molar-refractivity contribution in [2.45, 2.75) is 19.3 Å². The number of benzene rings is 1. The molecule has 0 atom stereocenters. The fraction of sp³-hybridized carbons (Fsp3) is 0.462. The maximum Gasteiger partial charge on any atom is 0.310 e. The number of carbonyl (C=O) groups is 1. The smallest absolute Gasteiger partial charge is 0.310 e. The highest BCUT2D eigenvalue weighted by molar-refractivity contribution is 5.75. The molecule has 1 saturated heterocycles. The van der Waals surface area contributed by atoms with E-state index in [1.54, 1.807) is 12.1 Å². The number of carboxylic acid groups (broad SMARTS) is 1. The first-order chi connectivity index (χ1) is 9.03. The summed E-state index contributed by atoms with van der Waals surface area (Å²) in [6, 6.07) is 6.16. The van der Waals surface area contributed by atoms with Crippen molar-refractivity contribution < 1.29 is 19.6 Å². The number of ether oxygens (including phenoxy) is 1. The van der Waals surface area contributed by atoms with Crippen LogP contribution in [0.3, 0.4) is 0 Å². The summed E-state index contributed by atoms with van der Waals surface area (Å²) >= 11 is 0. The molecule has 0 radical (unpaired) electrons. The maximum absolute atomic E-state index is 11.5. The predicted octanol–water partition coefficient (Wildman–Crippen LogP) is 2.02. The van der Waals surface area contributed by atoms with Gasteiger partial charge in [-0.1, -0.05) is 12.1 Å². The van der Waals surface area contributed by atoms with Crippen LogP contribution in [0.5, 0.6) is 0 Å². The third kappa shape index (κ3) is 2.90. The molecule has 1 heterocycles.